The SMILES string of the molecule is CCOc1ccc(CCCNC(=S)Nc2cccc(C)n2)cc1. The molecule has 0 aliphatic heterocycles. The predicted molar refractivity (Wildman–Crippen MR) is 99.1 cm³/mol. The maximum atomic E-state index is 5.44. The lowest BCUT2D eigenvalue weighted by Crippen LogP contribution is -2.29. The van der Waals surface area contributed by atoms with Crippen LogP contribution in [0.5, 0.6) is 5.75 Å². The van der Waals surface area contributed by atoms with E-state index in [4.69, 9.17) is 17.0 Å². The van der Waals surface area contributed by atoms with Gasteiger partial charge in [-0.05, 0) is 68.7 Å². The first kappa shape index (κ1) is 17.2. The molecule has 0 unspecified atom stereocenters. The number of nitrogens with zero attached hydrogens (tertiary/aromatic N) is 1. The molecular formula is C18H23N3OS. The fourth-order valence-corrected chi connectivity index (χ4v) is 2.39. The van der Waals surface area contributed by atoms with Crippen molar-refractivity contribution in [2.24, 2.45) is 0 Å². The summed E-state index contributed by atoms with van der Waals surface area (Å²) in [4.78, 5) is 4.36. The second-order valence-corrected chi connectivity index (χ2v) is 5.63. The minimum atomic E-state index is 0.606. The van der Waals surface area contributed by atoms with Crippen LogP contribution in [-0.2, 0) is 6.42 Å². The Bertz CT molecular complexity index is 628. The van der Waals surface area contributed by atoms with Gasteiger partial charge in [0.05, 0.1) is 6.61 Å². The van der Waals surface area contributed by atoms with E-state index in [2.05, 4.69) is 27.8 Å². The van der Waals surface area contributed by atoms with E-state index in [9.17, 15) is 0 Å². The Hall–Kier alpha value is -2.14. The molecule has 0 atom stereocenters. The predicted octanol–water partition coefficient (Wildman–Crippen LogP) is 3.71. The molecule has 1 aromatic heterocycles. The van der Waals surface area contributed by atoms with E-state index in [-0.39, 0.29) is 0 Å². The Morgan fingerprint density at radius 1 is 1.17 bits per heavy atom. The molecule has 2 N–H and O–H groups in total. The molecule has 122 valence electrons. The van der Waals surface area contributed by atoms with Gasteiger partial charge in [-0.3, -0.25) is 0 Å². The van der Waals surface area contributed by atoms with Crippen molar-refractivity contribution < 1.29 is 4.74 Å². The average molecular weight is 329 g/mol. The van der Waals surface area contributed by atoms with Gasteiger partial charge in [-0.2, -0.15) is 0 Å². The van der Waals surface area contributed by atoms with Gasteiger partial charge in [0.1, 0.15) is 11.6 Å². The maximum Gasteiger partial charge on any atom is 0.171 e. The Balaban J connectivity index is 1.67. The number of hydrogen-bond donors (Lipinski definition) is 2. The van der Waals surface area contributed by atoms with Crippen molar-refractivity contribution in [3.8, 4) is 5.75 Å². The number of ether oxygens (including phenoxy) is 1. The molecule has 0 aliphatic rings. The van der Waals surface area contributed by atoms with Crippen LogP contribution in [0.15, 0.2) is 42.5 Å². The first-order valence-electron chi connectivity index (χ1n) is 7.87. The summed E-state index contributed by atoms with van der Waals surface area (Å²) in [5.41, 5.74) is 2.27. The van der Waals surface area contributed by atoms with Crippen molar-refractivity contribution in [2.45, 2.75) is 26.7 Å². The van der Waals surface area contributed by atoms with Crippen molar-refractivity contribution in [1.82, 2.24) is 10.3 Å². The topological polar surface area (TPSA) is 46.2 Å². The highest BCUT2D eigenvalue weighted by Crippen LogP contribution is 2.13. The third-order valence-electron chi connectivity index (χ3n) is 3.29. The van der Waals surface area contributed by atoms with Crippen LogP contribution in [0, 0.1) is 6.92 Å². The number of aromatic nitrogens is 1. The lowest BCUT2D eigenvalue weighted by Gasteiger charge is -2.10. The molecule has 0 bridgehead atoms. The lowest BCUT2D eigenvalue weighted by atomic mass is 10.1. The zero-order chi connectivity index (χ0) is 16.5. The van der Waals surface area contributed by atoms with Gasteiger partial charge >= 0.3 is 0 Å². The number of benzene rings is 1. The molecule has 0 radical (unpaired) electrons. The van der Waals surface area contributed by atoms with Crippen molar-refractivity contribution in [3.05, 3.63) is 53.7 Å². The van der Waals surface area contributed by atoms with Crippen LogP contribution in [0.1, 0.15) is 24.6 Å². The zero-order valence-corrected chi connectivity index (χ0v) is 14.5. The molecule has 0 aliphatic carbocycles. The third kappa shape index (κ3) is 6.24. The second-order valence-electron chi connectivity index (χ2n) is 5.23. The highest BCUT2D eigenvalue weighted by Gasteiger charge is 1.99. The Morgan fingerprint density at radius 3 is 2.65 bits per heavy atom. The summed E-state index contributed by atoms with van der Waals surface area (Å²) in [6.07, 6.45) is 2.02. The fraction of sp³-hybridized carbons (Fsp3) is 0.333. The van der Waals surface area contributed by atoms with E-state index in [0.29, 0.717) is 11.7 Å². The molecule has 23 heavy (non-hydrogen) atoms. The van der Waals surface area contributed by atoms with Gasteiger partial charge in [0, 0.05) is 12.2 Å². The van der Waals surface area contributed by atoms with E-state index >= 15 is 0 Å². The van der Waals surface area contributed by atoms with Gasteiger partial charge in [-0.15, -0.1) is 0 Å². The van der Waals surface area contributed by atoms with E-state index < -0.39 is 0 Å². The molecule has 0 fully saturated rings. The van der Waals surface area contributed by atoms with Gasteiger partial charge < -0.3 is 15.4 Å². The van der Waals surface area contributed by atoms with Gasteiger partial charge in [-0.25, -0.2) is 4.98 Å². The van der Waals surface area contributed by atoms with E-state index in [1.807, 2.05) is 44.2 Å². The summed E-state index contributed by atoms with van der Waals surface area (Å²) in [5.74, 6) is 1.69. The maximum absolute atomic E-state index is 5.44. The van der Waals surface area contributed by atoms with Crippen LogP contribution in [-0.4, -0.2) is 23.2 Å². The Morgan fingerprint density at radius 2 is 1.96 bits per heavy atom. The highest BCUT2D eigenvalue weighted by molar-refractivity contribution is 7.80. The van der Waals surface area contributed by atoms with E-state index in [1.165, 1.54) is 5.56 Å². The molecule has 1 aromatic carbocycles. The van der Waals surface area contributed by atoms with E-state index in [0.717, 1.165) is 36.6 Å². The third-order valence-corrected chi connectivity index (χ3v) is 3.54. The standard InChI is InChI=1S/C18H23N3OS/c1-3-22-16-11-9-15(10-12-16)7-5-13-19-18(23)21-17-8-4-6-14(2)20-17/h4,6,8-12H,3,5,7,13H2,1-2H3,(H2,19,20,21,23). The minimum Gasteiger partial charge on any atom is -0.494 e. The largest absolute Gasteiger partial charge is 0.494 e. The first-order valence-corrected chi connectivity index (χ1v) is 8.28. The number of hydrogen-bond acceptors (Lipinski definition) is 3. The number of rotatable bonds is 7. The molecule has 4 nitrogen and oxygen atoms in total. The van der Waals surface area contributed by atoms with Crippen LogP contribution in [0.2, 0.25) is 0 Å². The summed E-state index contributed by atoms with van der Waals surface area (Å²) in [6.45, 7) is 5.47. The molecule has 2 rings (SSSR count). The van der Waals surface area contributed by atoms with Crippen LogP contribution >= 0.6 is 12.2 Å². The first-order chi connectivity index (χ1) is 11.2. The van der Waals surface area contributed by atoms with Gasteiger partial charge in [0.15, 0.2) is 5.11 Å². The smallest absolute Gasteiger partial charge is 0.171 e. The van der Waals surface area contributed by atoms with Crippen LogP contribution in [0.3, 0.4) is 0 Å². The summed E-state index contributed by atoms with van der Waals surface area (Å²) in [6, 6.07) is 14.1. The quantitative estimate of drug-likeness (QED) is 0.599. The highest BCUT2D eigenvalue weighted by atomic mass is 32.1. The van der Waals surface area contributed by atoms with E-state index in [1.54, 1.807) is 0 Å². The molecule has 2 aromatic rings. The number of nitrogens with one attached hydrogen (secondary N) is 2. The van der Waals surface area contributed by atoms with Crippen molar-refractivity contribution in [1.29, 1.82) is 0 Å². The molecule has 0 saturated carbocycles. The number of aryl methyl sites for hydroxylation is 2. The lowest BCUT2D eigenvalue weighted by molar-refractivity contribution is 0.340. The van der Waals surface area contributed by atoms with Gasteiger partial charge in [-0.1, -0.05) is 18.2 Å². The van der Waals surface area contributed by atoms with Gasteiger partial charge in [0.25, 0.3) is 0 Å². The minimum absolute atomic E-state index is 0.606. The summed E-state index contributed by atoms with van der Waals surface area (Å²) in [5, 5.41) is 6.91. The second kappa shape index (κ2) is 9.10. The molecule has 5 heteroatoms. The van der Waals surface area contributed by atoms with Crippen molar-refractivity contribution in [2.75, 3.05) is 18.5 Å². The fourth-order valence-electron chi connectivity index (χ4n) is 2.19. The zero-order valence-electron chi connectivity index (χ0n) is 13.6. The molecule has 0 amide bonds. The number of pyridine rings is 1. The molecular weight excluding hydrogens is 306 g/mol. The normalized spacial score (nSPS) is 10.2. The van der Waals surface area contributed by atoms with Crippen LogP contribution < -0.4 is 15.4 Å². The Labute approximate surface area is 143 Å². The van der Waals surface area contributed by atoms with Crippen LogP contribution in [0.4, 0.5) is 5.82 Å². The molecule has 1 heterocycles. The van der Waals surface area contributed by atoms with Crippen molar-refractivity contribution >= 4 is 23.1 Å². The molecule has 0 spiro atoms. The molecule has 0 saturated heterocycles. The van der Waals surface area contributed by atoms with Gasteiger partial charge in [0.2, 0.25) is 0 Å². The Kier molecular flexibility index (Phi) is 6.81. The van der Waals surface area contributed by atoms with Crippen LogP contribution in [0.25, 0.3) is 0 Å². The summed E-state index contributed by atoms with van der Waals surface area (Å²) in [7, 11) is 0. The average Bonchev–Trinajstić information content (AvgIpc) is 2.53. The van der Waals surface area contributed by atoms with Crippen molar-refractivity contribution in [3.63, 3.8) is 0 Å². The monoisotopic (exact) mass is 329 g/mol. The summed E-state index contributed by atoms with van der Waals surface area (Å²) >= 11 is 5.28. The number of thiocarbonyl (C=S) groups is 1. The summed E-state index contributed by atoms with van der Waals surface area (Å²) < 4.78 is 5.44. The number of anilines is 1.